The first-order valence-electron chi connectivity index (χ1n) is 5.04. The molecule has 0 atom stereocenters. The van der Waals surface area contributed by atoms with Gasteiger partial charge in [-0.05, 0) is 59.3 Å². The number of hydrogen-bond acceptors (Lipinski definition) is 2. The minimum atomic E-state index is 0.0576. The van der Waals surface area contributed by atoms with E-state index in [9.17, 15) is 4.79 Å². The minimum absolute atomic E-state index is 0.0576. The molecule has 0 spiro atoms. The Hall–Kier alpha value is -0.830. The first-order chi connectivity index (χ1) is 7.15. The van der Waals surface area contributed by atoms with Crippen molar-refractivity contribution in [2.75, 3.05) is 7.11 Å². The second-order valence-electron chi connectivity index (χ2n) is 3.82. The molecule has 0 saturated carbocycles. The number of carbonyl (C=O) groups excluding carboxylic acids is 1. The third-order valence-electron chi connectivity index (χ3n) is 2.87. The van der Waals surface area contributed by atoms with Gasteiger partial charge in [0, 0.05) is 0 Å². The topological polar surface area (TPSA) is 26.3 Å². The summed E-state index contributed by atoms with van der Waals surface area (Å²) in [5.41, 5.74) is 3.27. The van der Waals surface area contributed by atoms with Crippen LogP contribution < -0.4 is 4.74 Å². The van der Waals surface area contributed by atoms with Crippen molar-refractivity contribution in [3.63, 3.8) is 0 Å². The summed E-state index contributed by atoms with van der Waals surface area (Å²) < 4.78 is 6.26. The molecule has 0 aliphatic heterocycles. The molecule has 15 heavy (non-hydrogen) atoms. The Bertz CT molecular complexity index is 424. The normalized spacial score (nSPS) is 13.8. The van der Waals surface area contributed by atoms with Gasteiger partial charge in [-0.2, -0.15) is 0 Å². The van der Waals surface area contributed by atoms with Gasteiger partial charge in [0.25, 0.3) is 0 Å². The van der Waals surface area contributed by atoms with Crippen molar-refractivity contribution in [1.82, 2.24) is 0 Å². The van der Waals surface area contributed by atoms with Crippen LogP contribution in [0.25, 0.3) is 0 Å². The van der Waals surface area contributed by atoms with Gasteiger partial charge in [-0.3, -0.25) is 4.79 Å². The molecule has 2 rings (SSSR count). The Morgan fingerprint density at radius 1 is 1.47 bits per heavy atom. The van der Waals surface area contributed by atoms with Crippen LogP contribution in [0.5, 0.6) is 5.75 Å². The average molecular weight is 269 g/mol. The predicted octanol–water partition coefficient (Wildman–Crippen LogP) is 3.15. The molecule has 3 heteroatoms. The maximum absolute atomic E-state index is 11.5. The largest absolute Gasteiger partial charge is 0.495 e. The van der Waals surface area contributed by atoms with Crippen molar-refractivity contribution in [2.24, 2.45) is 0 Å². The number of rotatable bonds is 2. The van der Waals surface area contributed by atoms with Crippen LogP contribution in [-0.2, 0) is 12.8 Å². The lowest BCUT2D eigenvalue weighted by Crippen LogP contribution is -2.01. The average Bonchev–Trinajstić information content (AvgIpc) is 2.65. The van der Waals surface area contributed by atoms with Crippen molar-refractivity contribution < 1.29 is 9.53 Å². The highest BCUT2D eigenvalue weighted by atomic mass is 79.9. The number of benzene rings is 1. The molecular formula is C12H13BrO2. The summed E-state index contributed by atoms with van der Waals surface area (Å²) in [7, 11) is 1.61. The number of ketones is 1. The van der Waals surface area contributed by atoms with E-state index in [-0.39, 0.29) is 5.78 Å². The van der Waals surface area contributed by atoms with Gasteiger partial charge in [0.05, 0.1) is 17.1 Å². The molecule has 0 saturated heterocycles. The van der Waals surface area contributed by atoms with Crippen LogP contribution in [0, 0.1) is 0 Å². The summed E-state index contributed by atoms with van der Waals surface area (Å²) in [4.78, 5) is 11.5. The lowest BCUT2D eigenvalue weighted by Gasteiger charge is -2.12. The number of Topliss-reactive ketones (excluding diaryl/α,β-unsaturated/α-hetero) is 1. The van der Waals surface area contributed by atoms with Crippen LogP contribution in [0.3, 0.4) is 0 Å². The van der Waals surface area contributed by atoms with Crippen LogP contribution in [-0.4, -0.2) is 12.9 Å². The lowest BCUT2D eigenvalue weighted by molar-refractivity contribution is 0.101. The smallest absolute Gasteiger partial charge is 0.163 e. The van der Waals surface area contributed by atoms with Crippen molar-refractivity contribution in [3.8, 4) is 5.75 Å². The molecule has 0 N–H and O–H groups in total. The van der Waals surface area contributed by atoms with Crippen LogP contribution in [0.2, 0.25) is 0 Å². The van der Waals surface area contributed by atoms with E-state index < -0.39 is 0 Å². The summed E-state index contributed by atoms with van der Waals surface area (Å²) in [5.74, 6) is 0.741. The van der Waals surface area contributed by atoms with Crippen molar-refractivity contribution in [1.29, 1.82) is 0 Å². The van der Waals surface area contributed by atoms with Gasteiger partial charge in [0.1, 0.15) is 5.75 Å². The van der Waals surface area contributed by atoms with Gasteiger partial charge in [0.2, 0.25) is 0 Å². The van der Waals surface area contributed by atoms with E-state index in [1.54, 1.807) is 14.0 Å². The maximum atomic E-state index is 11.5. The zero-order chi connectivity index (χ0) is 11.0. The number of halogens is 1. The Balaban J connectivity index is 2.66. The summed E-state index contributed by atoms with van der Waals surface area (Å²) >= 11 is 3.53. The molecule has 0 radical (unpaired) electrons. The first kappa shape index (κ1) is 10.7. The molecule has 1 aromatic rings. The van der Waals surface area contributed by atoms with Gasteiger partial charge in [-0.15, -0.1) is 0 Å². The summed E-state index contributed by atoms with van der Waals surface area (Å²) in [6.07, 6.45) is 3.31. The second kappa shape index (κ2) is 3.97. The minimum Gasteiger partial charge on any atom is -0.495 e. The molecule has 1 aliphatic rings. The second-order valence-corrected chi connectivity index (χ2v) is 4.61. The van der Waals surface area contributed by atoms with E-state index in [0.717, 1.165) is 17.3 Å². The standard InChI is InChI=1S/C12H13BrO2/c1-7(14)10-6-8-4-3-5-9(8)11(13)12(10)15-2/h6H,3-5H2,1-2H3. The highest BCUT2D eigenvalue weighted by molar-refractivity contribution is 9.10. The van der Waals surface area contributed by atoms with Crippen molar-refractivity contribution >= 4 is 21.7 Å². The molecule has 0 bridgehead atoms. The van der Waals surface area contributed by atoms with E-state index in [1.165, 1.54) is 17.5 Å². The molecule has 0 heterocycles. The predicted molar refractivity (Wildman–Crippen MR) is 62.7 cm³/mol. The van der Waals surface area contributed by atoms with Gasteiger partial charge in [-0.25, -0.2) is 0 Å². The molecule has 0 aromatic heterocycles. The maximum Gasteiger partial charge on any atom is 0.163 e. The number of methoxy groups -OCH3 is 1. The Morgan fingerprint density at radius 2 is 2.20 bits per heavy atom. The number of fused-ring (bicyclic) bond motifs is 1. The van der Waals surface area contributed by atoms with Crippen LogP contribution in [0.15, 0.2) is 10.5 Å². The van der Waals surface area contributed by atoms with E-state index in [2.05, 4.69) is 15.9 Å². The third-order valence-corrected chi connectivity index (χ3v) is 3.71. The first-order valence-corrected chi connectivity index (χ1v) is 5.83. The fourth-order valence-electron chi connectivity index (χ4n) is 2.13. The van der Waals surface area contributed by atoms with Crippen LogP contribution in [0.4, 0.5) is 0 Å². The molecule has 0 unspecified atom stereocenters. The zero-order valence-electron chi connectivity index (χ0n) is 8.89. The molecule has 1 aliphatic carbocycles. The molecule has 2 nitrogen and oxygen atoms in total. The molecule has 0 amide bonds. The Kier molecular flexibility index (Phi) is 2.83. The van der Waals surface area contributed by atoms with E-state index in [1.807, 2.05) is 6.07 Å². The fraction of sp³-hybridized carbons (Fsp3) is 0.417. The quantitative estimate of drug-likeness (QED) is 0.771. The number of carbonyl (C=O) groups is 1. The molecule has 0 fully saturated rings. The number of aryl methyl sites for hydroxylation is 1. The van der Waals surface area contributed by atoms with Crippen LogP contribution >= 0.6 is 15.9 Å². The zero-order valence-corrected chi connectivity index (χ0v) is 10.5. The summed E-state index contributed by atoms with van der Waals surface area (Å²) in [6, 6.07) is 1.98. The highest BCUT2D eigenvalue weighted by Gasteiger charge is 2.22. The highest BCUT2D eigenvalue weighted by Crippen LogP contribution is 2.39. The van der Waals surface area contributed by atoms with Gasteiger partial charge >= 0.3 is 0 Å². The molecule has 80 valence electrons. The van der Waals surface area contributed by atoms with Gasteiger partial charge in [-0.1, -0.05) is 0 Å². The Labute approximate surface area is 97.8 Å². The van der Waals surface area contributed by atoms with E-state index in [0.29, 0.717) is 11.3 Å². The van der Waals surface area contributed by atoms with Gasteiger partial charge in [0.15, 0.2) is 5.78 Å². The lowest BCUT2D eigenvalue weighted by atomic mass is 10.0. The van der Waals surface area contributed by atoms with E-state index >= 15 is 0 Å². The van der Waals surface area contributed by atoms with Gasteiger partial charge < -0.3 is 4.74 Å². The summed E-state index contributed by atoms with van der Waals surface area (Å²) in [6.45, 7) is 1.58. The van der Waals surface area contributed by atoms with Crippen molar-refractivity contribution in [3.05, 3.63) is 27.2 Å². The monoisotopic (exact) mass is 268 g/mol. The third kappa shape index (κ3) is 1.69. The number of hydrogen-bond donors (Lipinski definition) is 0. The number of ether oxygens (including phenoxy) is 1. The Morgan fingerprint density at radius 3 is 2.80 bits per heavy atom. The molecule has 1 aromatic carbocycles. The fourth-order valence-corrected chi connectivity index (χ4v) is 2.96. The summed E-state index contributed by atoms with van der Waals surface area (Å²) in [5, 5.41) is 0. The van der Waals surface area contributed by atoms with E-state index in [4.69, 9.17) is 4.74 Å². The SMILES string of the molecule is COc1c(C(C)=O)cc2c(c1Br)CCC2. The van der Waals surface area contributed by atoms with Crippen LogP contribution in [0.1, 0.15) is 34.8 Å². The molecular weight excluding hydrogens is 256 g/mol. The van der Waals surface area contributed by atoms with Crippen molar-refractivity contribution in [2.45, 2.75) is 26.2 Å².